The van der Waals surface area contributed by atoms with Crippen molar-refractivity contribution in [1.29, 1.82) is 0 Å². The second-order valence-electron chi connectivity index (χ2n) is 8.40. The molecule has 0 saturated heterocycles. The largest absolute Gasteiger partial charge is 0.456 e. The number of hydrogen-bond acceptors (Lipinski definition) is 4. The standard InChI is InChI=1S/C23H30N2O4/c1-14-12-19(16(3)25(14)7)20(26)13-29-22(28)15(2)24-21(27)17-8-10-18(11-9-17)23(4,5)6/h8-12,15H,13H2,1-7H3,(H,24,27)/t15-/m0/s1. The summed E-state index contributed by atoms with van der Waals surface area (Å²) < 4.78 is 7.02. The number of ketones is 1. The summed E-state index contributed by atoms with van der Waals surface area (Å²) in [4.78, 5) is 36.9. The number of carbonyl (C=O) groups is 3. The van der Waals surface area contributed by atoms with E-state index in [4.69, 9.17) is 4.74 Å². The number of benzene rings is 1. The third-order valence-electron chi connectivity index (χ3n) is 5.14. The van der Waals surface area contributed by atoms with Gasteiger partial charge >= 0.3 is 5.97 Å². The van der Waals surface area contributed by atoms with Crippen LogP contribution in [0.5, 0.6) is 0 Å². The van der Waals surface area contributed by atoms with E-state index in [1.807, 2.05) is 37.6 Å². The van der Waals surface area contributed by atoms with Crippen LogP contribution in [-0.2, 0) is 22.0 Å². The number of amides is 1. The van der Waals surface area contributed by atoms with Gasteiger partial charge in [-0.25, -0.2) is 4.79 Å². The van der Waals surface area contributed by atoms with Crippen molar-refractivity contribution in [2.45, 2.75) is 53.0 Å². The molecule has 6 heteroatoms. The minimum Gasteiger partial charge on any atom is -0.456 e. The molecule has 1 heterocycles. The maximum atomic E-state index is 12.4. The van der Waals surface area contributed by atoms with E-state index in [9.17, 15) is 14.4 Å². The lowest BCUT2D eigenvalue weighted by Gasteiger charge is -2.19. The van der Waals surface area contributed by atoms with E-state index in [1.165, 1.54) is 6.92 Å². The van der Waals surface area contributed by atoms with E-state index in [2.05, 4.69) is 26.1 Å². The molecule has 0 aliphatic carbocycles. The summed E-state index contributed by atoms with van der Waals surface area (Å²) in [6.45, 7) is 11.2. The third-order valence-corrected chi connectivity index (χ3v) is 5.14. The first-order valence-corrected chi connectivity index (χ1v) is 9.66. The highest BCUT2D eigenvalue weighted by molar-refractivity contribution is 6.00. The first kappa shape index (κ1) is 22.4. The van der Waals surface area contributed by atoms with E-state index in [0.717, 1.165) is 17.0 Å². The van der Waals surface area contributed by atoms with Crippen molar-refractivity contribution in [2.75, 3.05) is 6.61 Å². The molecular formula is C23H30N2O4. The molecule has 0 fully saturated rings. The molecule has 1 atom stereocenters. The first-order chi connectivity index (χ1) is 13.4. The van der Waals surface area contributed by atoms with Gasteiger partial charge in [0.25, 0.3) is 5.91 Å². The van der Waals surface area contributed by atoms with E-state index in [0.29, 0.717) is 11.1 Å². The number of aryl methyl sites for hydroxylation is 1. The summed E-state index contributed by atoms with van der Waals surface area (Å²) in [6.07, 6.45) is 0. The molecule has 29 heavy (non-hydrogen) atoms. The van der Waals surface area contributed by atoms with Crippen LogP contribution in [0, 0.1) is 13.8 Å². The van der Waals surface area contributed by atoms with Gasteiger partial charge in [0.05, 0.1) is 0 Å². The second kappa shape index (κ2) is 8.64. The van der Waals surface area contributed by atoms with Crippen LogP contribution in [0.15, 0.2) is 30.3 Å². The Labute approximate surface area is 172 Å². The Morgan fingerprint density at radius 1 is 1.10 bits per heavy atom. The van der Waals surface area contributed by atoms with Gasteiger partial charge in [-0.05, 0) is 49.9 Å². The summed E-state index contributed by atoms with van der Waals surface area (Å²) in [7, 11) is 1.87. The van der Waals surface area contributed by atoms with Crippen LogP contribution >= 0.6 is 0 Å². The smallest absolute Gasteiger partial charge is 0.328 e. The Hall–Kier alpha value is -2.89. The van der Waals surface area contributed by atoms with Crippen LogP contribution in [0.3, 0.4) is 0 Å². The zero-order valence-electron chi connectivity index (χ0n) is 18.3. The summed E-state index contributed by atoms with van der Waals surface area (Å²) >= 11 is 0. The van der Waals surface area contributed by atoms with Gasteiger partial charge in [0.15, 0.2) is 6.61 Å². The van der Waals surface area contributed by atoms with Crippen molar-refractivity contribution in [3.63, 3.8) is 0 Å². The number of esters is 1. The molecule has 2 aromatic rings. The fourth-order valence-corrected chi connectivity index (χ4v) is 2.94. The monoisotopic (exact) mass is 398 g/mol. The quantitative estimate of drug-likeness (QED) is 0.597. The molecule has 2 rings (SSSR count). The van der Waals surface area contributed by atoms with Gasteiger partial charge in [-0.15, -0.1) is 0 Å². The van der Waals surface area contributed by atoms with E-state index in [-0.39, 0.29) is 23.7 Å². The number of aromatic nitrogens is 1. The van der Waals surface area contributed by atoms with Gasteiger partial charge in [0, 0.05) is 29.6 Å². The number of nitrogens with one attached hydrogen (secondary N) is 1. The lowest BCUT2D eigenvalue weighted by Crippen LogP contribution is -2.40. The van der Waals surface area contributed by atoms with Gasteiger partial charge in [-0.2, -0.15) is 0 Å². The lowest BCUT2D eigenvalue weighted by molar-refractivity contribution is -0.144. The Kier molecular flexibility index (Phi) is 6.67. The van der Waals surface area contributed by atoms with Crippen molar-refractivity contribution in [1.82, 2.24) is 9.88 Å². The fourth-order valence-electron chi connectivity index (χ4n) is 2.94. The normalized spacial score (nSPS) is 12.4. The van der Waals surface area contributed by atoms with Gasteiger partial charge in [-0.1, -0.05) is 32.9 Å². The molecule has 0 bridgehead atoms. The minimum atomic E-state index is -0.865. The number of ether oxygens (including phenoxy) is 1. The van der Waals surface area contributed by atoms with Crippen molar-refractivity contribution in [2.24, 2.45) is 7.05 Å². The van der Waals surface area contributed by atoms with Crippen molar-refractivity contribution in [3.05, 3.63) is 58.4 Å². The predicted octanol–water partition coefficient (Wildman–Crippen LogP) is 3.48. The highest BCUT2D eigenvalue weighted by atomic mass is 16.5. The maximum absolute atomic E-state index is 12.4. The number of hydrogen-bond donors (Lipinski definition) is 1. The van der Waals surface area contributed by atoms with Crippen LogP contribution in [-0.4, -0.2) is 34.9 Å². The average Bonchev–Trinajstić information content (AvgIpc) is 2.92. The highest BCUT2D eigenvalue weighted by Crippen LogP contribution is 2.22. The SMILES string of the molecule is Cc1cc(C(=O)COC(=O)[C@H](C)NC(=O)c2ccc(C(C)(C)C)cc2)c(C)n1C. The lowest BCUT2D eigenvalue weighted by atomic mass is 9.86. The van der Waals surface area contributed by atoms with E-state index < -0.39 is 12.0 Å². The Bertz CT molecular complexity index is 918. The Morgan fingerprint density at radius 2 is 1.69 bits per heavy atom. The summed E-state index contributed by atoms with van der Waals surface area (Å²) in [5, 5.41) is 2.61. The molecule has 0 aliphatic heterocycles. The molecule has 0 saturated carbocycles. The Morgan fingerprint density at radius 3 is 2.17 bits per heavy atom. The molecule has 1 aromatic carbocycles. The van der Waals surface area contributed by atoms with Crippen LogP contribution in [0.4, 0.5) is 0 Å². The average molecular weight is 399 g/mol. The van der Waals surface area contributed by atoms with Crippen molar-refractivity contribution in [3.8, 4) is 0 Å². The topological polar surface area (TPSA) is 77.4 Å². The molecule has 6 nitrogen and oxygen atoms in total. The molecule has 1 aromatic heterocycles. The maximum Gasteiger partial charge on any atom is 0.328 e. The van der Waals surface area contributed by atoms with Crippen molar-refractivity contribution >= 4 is 17.7 Å². The zero-order chi connectivity index (χ0) is 21.9. The molecule has 156 valence electrons. The van der Waals surface area contributed by atoms with Crippen LogP contribution in [0.1, 0.15) is 65.4 Å². The molecule has 1 amide bonds. The number of carbonyl (C=O) groups excluding carboxylic acids is 3. The number of rotatable bonds is 6. The van der Waals surface area contributed by atoms with Gasteiger partial charge < -0.3 is 14.6 Å². The fraction of sp³-hybridized carbons (Fsp3) is 0.435. The van der Waals surface area contributed by atoms with Gasteiger partial charge in [-0.3, -0.25) is 9.59 Å². The van der Waals surface area contributed by atoms with Crippen molar-refractivity contribution < 1.29 is 19.1 Å². The van der Waals surface area contributed by atoms with Gasteiger partial charge in [0.2, 0.25) is 5.78 Å². The first-order valence-electron chi connectivity index (χ1n) is 9.66. The van der Waals surface area contributed by atoms with Gasteiger partial charge in [0.1, 0.15) is 6.04 Å². The van der Waals surface area contributed by atoms with Crippen LogP contribution in [0.25, 0.3) is 0 Å². The summed E-state index contributed by atoms with van der Waals surface area (Å²) in [5.41, 5.74) is 3.89. The minimum absolute atomic E-state index is 0.00567. The molecule has 1 N–H and O–H groups in total. The zero-order valence-corrected chi connectivity index (χ0v) is 18.3. The van der Waals surface area contributed by atoms with E-state index in [1.54, 1.807) is 18.2 Å². The second-order valence-corrected chi connectivity index (χ2v) is 8.40. The Balaban J connectivity index is 1.92. The molecule has 0 radical (unpaired) electrons. The number of nitrogens with zero attached hydrogens (tertiary/aromatic N) is 1. The van der Waals surface area contributed by atoms with Crippen LogP contribution in [0.2, 0.25) is 0 Å². The van der Waals surface area contributed by atoms with E-state index >= 15 is 0 Å². The molecule has 0 aliphatic rings. The molecule has 0 spiro atoms. The van der Waals surface area contributed by atoms with Crippen LogP contribution < -0.4 is 5.32 Å². The molecular weight excluding hydrogens is 368 g/mol. The predicted molar refractivity (Wildman–Crippen MR) is 112 cm³/mol. The summed E-state index contributed by atoms with van der Waals surface area (Å²) in [6, 6.07) is 8.19. The third kappa shape index (κ3) is 5.34. The molecule has 0 unspecified atom stereocenters. The summed E-state index contributed by atoms with van der Waals surface area (Å²) in [5.74, 6) is -1.28. The highest BCUT2D eigenvalue weighted by Gasteiger charge is 2.21. The number of Topliss-reactive ketones (excluding diaryl/α,β-unsaturated/α-hetero) is 1.